The minimum atomic E-state index is -1.78. The molecule has 1 aliphatic rings. The fourth-order valence-corrected chi connectivity index (χ4v) is 5.05. The maximum Gasteiger partial charge on any atom is 0.126 e. The molecule has 0 amide bonds. The molecule has 23 heavy (non-hydrogen) atoms. The summed E-state index contributed by atoms with van der Waals surface area (Å²) in [6, 6.07) is 13.6. The van der Waals surface area contributed by atoms with Gasteiger partial charge in [0.15, 0.2) is 0 Å². The van der Waals surface area contributed by atoms with Crippen LogP contribution in [0.3, 0.4) is 0 Å². The van der Waals surface area contributed by atoms with Gasteiger partial charge in [-0.3, -0.25) is 0 Å². The lowest BCUT2D eigenvalue weighted by atomic mass is 9.77. The van der Waals surface area contributed by atoms with Gasteiger partial charge in [-0.05, 0) is 40.1 Å². The molecule has 1 aromatic heterocycles. The van der Waals surface area contributed by atoms with Gasteiger partial charge in [0.1, 0.15) is 18.0 Å². The third-order valence-corrected chi connectivity index (χ3v) is 6.15. The van der Waals surface area contributed by atoms with Crippen molar-refractivity contribution in [3.63, 3.8) is 0 Å². The Labute approximate surface area is 137 Å². The van der Waals surface area contributed by atoms with Crippen molar-refractivity contribution >= 4 is 19.3 Å². The van der Waals surface area contributed by atoms with Crippen LogP contribution >= 0.6 is 0 Å². The van der Waals surface area contributed by atoms with Crippen molar-refractivity contribution < 1.29 is 14.6 Å². The Morgan fingerprint density at radius 1 is 1.00 bits per heavy atom. The molecule has 4 heteroatoms. The zero-order chi connectivity index (χ0) is 16.6. The minimum Gasteiger partial charge on any atom is -0.465 e. The highest BCUT2D eigenvalue weighted by Crippen LogP contribution is 2.43. The second-order valence-corrected chi connectivity index (χ2v) is 11.9. The van der Waals surface area contributed by atoms with Gasteiger partial charge < -0.3 is 14.6 Å². The molecular weight excluding hydrogens is 304 g/mol. The fourth-order valence-electron chi connectivity index (χ4n) is 3.07. The molecule has 2 N–H and O–H groups in total. The van der Waals surface area contributed by atoms with Gasteiger partial charge in [0.05, 0.1) is 14.3 Å². The van der Waals surface area contributed by atoms with Crippen LogP contribution < -0.4 is 0 Å². The average molecular weight is 326 g/mol. The highest BCUT2D eigenvalue weighted by atomic mass is 28.3. The summed E-state index contributed by atoms with van der Waals surface area (Å²) in [7, 11) is -1.78. The highest BCUT2D eigenvalue weighted by molar-refractivity contribution is 6.93. The van der Waals surface area contributed by atoms with Crippen LogP contribution in [0.5, 0.6) is 0 Å². The van der Waals surface area contributed by atoms with Crippen molar-refractivity contribution in [2.75, 3.05) is 0 Å². The van der Waals surface area contributed by atoms with E-state index in [4.69, 9.17) is 4.42 Å². The topological polar surface area (TPSA) is 53.6 Å². The highest BCUT2D eigenvalue weighted by Gasteiger charge is 2.43. The second kappa shape index (κ2) is 5.96. The quantitative estimate of drug-likeness (QED) is 0.845. The average Bonchev–Trinajstić information content (AvgIpc) is 3.03. The summed E-state index contributed by atoms with van der Waals surface area (Å²) in [5, 5.41) is 21.7. The lowest BCUT2D eigenvalue weighted by Gasteiger charge is -2.40. The second-order valence-electron chi connectivity index (χ2n) is 6.92. The Morgan fingerprint density at radius 3 is 2.26 bits per heavy atom. The van der Waals surface area contributed by atoms with Gasteiger partial charge in [0.2, 0.25) is 0 Å². The summed E-state index contributed by atoms with van der Waals surface area (Å²) in [6.45, 7) is 6.65. The lowest BCUT2D eigenvalue weighted by Crippen LogP contribution is -2.45. The normalized spacial score (nSPS) is 25.3. The third-order valence-electron chi connectivity index (χ3n) is 4.13. The zero-order valence-corrected chi connectivity index (χ0v) is 14.7. The number of aliphatic hydroxyl groups is 2. The van der Waals surface area contributed by atoms with Crippen molar-refractivity contribution in [2.45, 2.75) is 31.8 Å². The van der Waals surface area contributed by atoms with Gasteiger partial charge in [0.25, 0.3) is 0 Å². The standard InChI is InChI=1S/C19H22O3Si/c1-23(2,3)19(15-10-7-11-22-15)16-14(17(20)18(16)21)12-13-8-5-4-6-9-13/h4-12,17-18,20-21H,1-3H3/b14-12-,19-16-/t17-,18+/m1/s1. The molecule has 120 valence electrons. The van der Waals surface area contributed by atoms with Crippen molar-refractivity contribution in [1.29, 1.82) is 0 Å². The van der Waals surface area contributed by atoms with Crippen molar-refractivity contribution in [3.05, 3.63) is 71.2 Å². The molecule has 0 radical (unpaired) electrons. The molecule has 3 nitrogen and oxygen atoms in total. The fraction of sp³-hybridized carbons (Fsp3) is 0.263. The van der Waals surface area contributed by atoms with E-state index >= 15 is 0 Å². The third kappa shape index (κ3) is 2.97. The Morgan fingerprint density at radius 2 is 1.70 bits per heavy atom. The van der Waals surface area contributed by atoms with Crippen LogP contribution in [0, 0.1) is 0 Å². The Bertz CT molecular complexity index is 737. The summed E-state index contributed by atoms with van der Waals surface area (Å²) in [4.78, 5) is 0. The van der Waals surface area contributed by atoms with E-state index in [-0.39, 0.29) is 0 Å². The van der Waals surface area contributed by atoms with Gasteiger partial charge in [-0.1, -0.05) is 50.0 Å². The largest absolute Gasteiger partial charge is 0.465 e. The number of benzene rings is 1. The van der Waals surface area contributed by atoms with Crippen molar-refractivity contribution in [2.24, 2.45) is 0 Å². The van der Waals surface area contributed by atoms with Gasteiger partial charge >= 0.3 is 0 Å². The molecule has 3 rings (SSSR count). The molecule has 0 spiro atoms. The number of hydrogen-bond donors (Lipinski definition) is 2. The number of hydrogen-bond acceptors (Lipinski definition) is 3. The van der Waals surface area contributed by atoms with E-state index in [0.717, 1.165) is 27.7 Å². The van der Waals surface area contributed by atoms with E-state index < -0.39 is 20.3 Å². The van der Waals surface area contributed by atoms with Crippen LogP contribution in [0.2, 0.25) is 19.6 Å². The van der Waals surface area contributed by atoms with Gasteiger partial charge in [-0.2, -0.15) is 0 Å². The minimum absolute atomic E-state index is 0.789. The Hall–Kier alpha value is -1.88. The van der Waals surface area contributed by atoms with Gasteiger partial charge in [-0.15, -0.1) is 0 Å². The molecule has 1 aliphatic carbocycles. The predicted molar refractivity (Wildman–Crippen MR) is 95.4 cm³/mol. The number of furan rings is 1. The van der Waals surface area contributed by atoms with Crippen LogP contribution in [-0.4, -0.2) is 30.5 Å². The summed E-state index contributed by atoms with van der Waals surface area (Å²) < 4.78 is 5.62. The maximum atomic E-state index is 10.4. The van der Waals surface area contributed by atoms with E-state index in [9.17, 15) is 10.2 Å². The molecule has 1 heterocycles. The summed E-state index contributed by atoms with van der Waals surface area (Å²) in [6.07, 6.45) is 1.91. The first-order chi connectivity index (χ1) is 10.9. The molecule has 2 aromatic rings. The maximum absolute atomic E-state index is 10.4. The number of rotatable bonds is 3. The first-order valence-corrected chi connectivity index (χ1v) is 11.3. The van der Waals surface area contributed by atoms with Crippen molar-refractivity contribution in [3.8, 4) is 0 Å². The Balaban J connectivity index is 2.16. The van der Waals surface area contributed by atoms with E-state index in [1.54, 1.807) is 6.26 Å². The van der Waals surface area contributed by atoms with Gasteiger partial charge in [0, 0.05) is 0 Å². The monoisotopic (exact) mass is 326 g/mol. The first-order valence-electron chi connectivity index (χ1n) is 7.81. The molecule has 2 atom stereocenters. The predicted octanol–water partition coefficient (Wildman–Crippen LogP) is 3.73. The zero-order valence-electron chi connectivity index (χ0n) is 13.7. The van der Waals surface area contributed by atoms with Crippen LogP contribution in [0.4, 0.5) is 0 Å². The number of aliphatic hydroxyl groups excluding tert-OH is 2. The molecule has 1 saturated carbocycles. The van der Waals surface area contributed by atoms with Crippen LogP contribution in [0.25, 0.3) is 11.3 Å². The van der Waals surface area contributed by atoms with E-state index in [1.807, 2.05) is 48.5 Å². The molecule has 0 aliphatic heterocycles. The summed E-state index contributed by atoms with van der Waals surface area (Å²) in [5.74, 6) is 0.795. The van der Waals surface area contributed by atoms with Gasteiger partial charge in [-0.25, -0.2) is 0 Å². The van der Waals surface area contributed by atoms with E-state index in [1.165, 1.54) is 0 Å². The van der Waals surface area contributed by atoms with E-state index in [0.29, 0.717) is 0 Å². The molecule has 1 fully saturated rings. The Kier molecular flexibility index (Phi) is 4.15. The molecule has 0 unspecified atom stereocenters. The molecular formula is C19H22O3Si. The summed E-state index contributed by atoms with van der Waals surface area (Å²) in [5.41, 5.74) is 2.63. The summed E-state index contributed by atoms with van der Waals surface area (Å²) >= 11 is 0. The first kappa shape index (κ1) is 16.0. The molecule has 1 aromatic carbocycles. The van der Waals surface area contributed by atoms with Crippen molar-refractivity contribution in [1.82, 2.24) is 0 Å². The SMILES string of the molecule is C[Si](C)(C)/C(=C1/C(=C/c2ccccc2)[C@@H](O)[C@H]1O)c1ccco1. The van der Waals surface area contributed by atoms with Crippen LogP contribution in [0.1, 0.15) is 11.3 Å². The molecule has 0 saturated heterocycles. The molecule has 0 bridgehead atoms. The lowest BCUT2D eigenvalue weighted by molar-refractivity contribution is 0.0364. The van der Waals surface area contributed by atoms with Crippen LogP contribution in [0.15, 0.2) is 64.3 Å². The smallest absolute Gasteiger partial charge is 0.126 e. The van der Waals surface area contributed by atoms with Crippen LogP contribution in [-0.2, 0) is 0 Å². The van der Waals surface area contributed by atoms with E-state index in [2.05, 4.69) is 19.6 Å².